The van der Waals surface area contributed by atoms with E-state index in [0.717, 1.165) is 10.0 Å². The fourth-order valence-electron chi connectivity index (χ4n) is 0.758. The third-order valence-electron chi connectivity index (χ3n) is 1.28. The zero-order valence-electron chi connectivity index (χ0n) is 5.96. The smallest absolute Gasteiger partial charge is 0.101 e. The first-order valence-electron chi connectivity index (χ1n) is 3.33. The Bertz CT molecular complexity index is 238. The Hall–Kier alpha value is -0.600. The molecular weight excluding hydrogens is 204 g/mol. The number of rotatable bonds is 2. The van der Waals surface area contributed by atoms with Crippen molar-refractivity contribution in [1.29, 1.82) is 0 Å². The van der Waals surface area contributed by atoms with Gasteiger partial charge >= 0.3 is 0 Å². The van der Waals surface area contributed by atoms with Crippen LogP contribution in [-0.2, 0) is 5.11 Å². The molecule has 1 radical (unpaired) electrons. The zero-order valence-corrected chi connectivity index (χ0v) is 7.54. The van der Waals surface area contributed by atoms with Crippen molar-refractivity contribution in [2.75, 3.05) is 6.61 Å². The molecule has 0 amide bonds. The molecule has 0 spiro atoms. The van der Waals surface area contributed by atoms with Gasteiger partial charge in [0.15, 0.2) is 0 Å². The first-order valence-corrected chi connectivity index (χ1v) is 4.12. The molecule has 0 aromatic heterocycles. The number of halogens is 1. The van der Waals surface area contributed by atoms with Crippen molar-refractivity contribution in [1.82, 2.24) is 0 Å². The highest BCUT2D eigenvalue weighted by atomic mass is 79.9. The Kier molecular flexibility index (Phi) is 3.33. The van der Waals surface area contributed by atoms with Gasteiger partial charge in [-0.3, -0.25) is 0 Å². The molecule has 11 heavy (non-hydrogen) atoms. The van der Waals surface area contributed by atoms with Gasteiger partial charge in [0, 0.05) is 4.47 Å². The van der Waals surface area contributed by atoms with Gasteiger partial charge in [-0.25, -0.2) is 5.11 Å². The van der Waals surface area contributed by atoms with E-state index >= 15 is 0 Å². The average molecular weight is 212 g/mol. The van der Waals surface area contributed by atoms with E-state index < -0.39 is 0 Å². The molecule has 0 atom stereocenters. The second-order valence-electron chi connectivity index (χ2n) is 2.12. The predicted molar refractivity (Wildman–Crippen MR) is 48.7 cm³/mol. The molecule has 0 fully saturated rings. The van der Waals surface area contributed by atoms with Crippen LogP contribution in [0, 0.1) is 0 Å². The molecule has 0 aliphatic carbocycles. The number of benzene rings is 1. The molecule has 57 valence electrons. The Labute approximate surface area is 74.5 Å². The molecule has 1 rings (SSSR count). The fraction of sp³-hybridized carbons (Fsp3) is 0.111. The maximum absolute atomic E-state index is 10.1. The lowest BCUT2D eigenvalue weighted by Crippen LogP contribution is -1.72. The van der Waals surface area contributed by atoms with Crippen molar-refractivity contribution in [2.45, 2.75) is 0 Å². The molecule has 0 aliphatic rings. The second kappa shape index (κ2) is 4.31. The van der Waals surface area contributed by atoms with Gasteiger partial charge in [-0.1, -0.05) is 40.2 Å². The standard InChI is InChI=1S/C9H8BrO/c10-9-5-3-8(4-6-9)2-1-7-11/h1-6H,7H2. The SMILES string of the molecule is [O]CC=Cc1ccc(Br)cc1. The molecule has 1 nitrogen and oxygen atoms in total. The third-order valence-corrected chi connectivity index (χ3v) is 1.81. The summed E-state index contributed by atoms with van der Waals surface area (Å²) in [5, 5.41) is 10.1. The minimum atomic E-state index is -0.157. The Balaban J connectivity index is 2.73. The van der Waals surface area contributed by atoms with Gasteiger partial charge in [-0.2, -0.15) is 0 Å². The van der Waals surface area contributed by atoms with Crippen LogP contribution in [0.25, 0.3) is 6.08 Å². The lowest BCUT2D eigenvalue weighted by atomic mass is 10.2. The summed E-state index contributed by atoms with van der Waals surface area (Å²) in [5.74, 6) is 0. The monoisotopic (exact) mass is 211 g/mol. The lowest BCUT2D eigenvalue weighted by molar-refractivity contribution is 0.233. The van der Waals surface area contributed by atoms with E-state index in [2.05, 4.69) is 15.9 Å². The zero-order chi connectivity index (χ0) is 8.10. The predicted octanol–water partition coefficient (Wildman–Crippen LogP) is 2.89. The van der Waals surface area contributed by atoms with E-state index in [9.17, 15) is 5.11 Å². The van der Waals surface area contributed by atoms with E-state index in [0.29, 0.717) is 0 Å². The quantitative estimate of drug-likeness (QED) is 0.718. The minimum absolute atomic E-state index is 0.157. The van der Waals surface area contributed by atoms with Gasteiger partial charge < -0.3 is 0 Å². The van der Waals surface area contributed by atoms with Gasteiger partial charge in [-0.05, 0) is 17.7 Å². The Morgan fingerprint density at radius 3 is 2.45 bits per heavy atom. The van der Waals surface area contributed by atoms with Crippen LogP contribution in [0.3, 0.4) is 0 Å². The first-order chi connectivity index (χ1) is 5.33. The molecule has 0 saturated carbocycles. The van der Waals surface area contributed by atoms with E-state index in [1.54, 1.807) is 6.08 Å². The minimum Gasteiger partial charge on any atom is -0.232 e. The molecule has 0 saturated heterocycles. The van der Waals surface area contributed by atoms with Gasteiger partial charge in [0.2, 0.25) is 0 Å². The molecule has 0 N–H and O–H groups in total. The molecule has 0 aliphatic heterocycles. The number of hydrogen-bond donors (Lipinski definition) is 0. The van der Waals surface area contributed by atoms with Gasteiger partial charge in [0.1, 0.15) is 6.61 Å². The summed E-state index contributed by atoms with van der Waals surface area (Å²) in [5.41, 5.74) is 1.06. The number of hydrogen-bond acceptors (Lipinski definition) is 0. The van der Waals surface area contributed by atoms with E-state index in [4.69, 9.17) is 0 Å². The van der Waals surface area contributed by atoms with Crippen molar-refractivity contribution in [3.8, 4) is 0 Å². The average Bonchev–Trinajstić information content (AvgIpc) is 2.04. The Morgan fingerprint density at radius 2 is 1.91 bits per heavy atom. The highest BCUT2D eigenvalue weighted by Gasteiger charge is 1.85. The maximum Gasteiger partial charge on any atom is 0.101 e. The van der Waals surface area contributed by atoms with Gasteiger partial charge in [-0.15, -0.1) is 0 Å². The molecule has 0 heterocycles. The summed E-state index contributed by atoms with van der Waals surface area (Å²) in [6, 6.07) is 7.81. The normalized spacial score (nSPS) is 10.7. The van der Waals surface area contributed by atoms with Crippen molar-refractivity contribution in [3.63, 3.8) is 0 Å². The van der Waals surface area contributed by atoms with Crippen LogP contribution in [0.1, 0.15) is 5.56 Å². The summed E-state index contributed by atoms with van der Waals surface area (Å²) in [6.45, 7) is -0.157. The van der Waals surface area contributed by atoms with E-state index in [1.807, 2.05) is 30.3 Å². The Morgan fingerprint density at radius 1 is 1.27 bits per heavy atom. The molecule has 0 unspecified atom stereocenters. The fourth-order valence-corrected chi connectivity index (χ4v) is 1.02. The van der Waals surface area contributed by atoms with Crippen LogP contribution in [0.5, 0.6) is 0 Å². The van der Waals surface area contributed by atoms with Crippen molar-refractivity contribution >= 4 is 22.0 Å². The summed E-state index contributed by atoms with van der Waals surface area (Å²) < 4.78 is 1.05. The summed E-state index contributed by atoms with van der Waals surface area (Å²) in [7, 11) is 0. The van der Waals surface area contributed by atoms with E-state index in [-0.39, 0.29) is 6.61 Å². The van der Waals surface area contributed by atoms with Gasteiger partial charge in [0.25, 0.3) is 0 Å². The molecule has 1 aromatic carbocycles. The van der Waals surface area contributed by atoms with Crippen LogP contribution in [-0.4, -0.2) is 6.61 Å². The molecule has 1 aromatic rings. The van der Waals surface area contributed by atoms with Crippen LogP contribution in [0.2, 0.25) is 0 Å². The van der Waals surface area contributed by atoms with Gasteiger partial charge in [0.05, 0.1) is 0 Å². The van der Waals surface area contributed by atoms with Crippen molar-refractivity contribution in [3.05, 3.63) is 40.4 Å². The van der Waals surface area contributed by atoms with Crippen LogP contribution in [0.4, 0.5) is 0 Å². The van der Waals surface area contributed by atoms with Crippen LogP contribution >= 0.6 is 15.9 Å². The molecule has 0 bridgehead atoms. The van der Waals surface area contributed by atoms with Crippen LogP contribution in [0.15, 0.2) is 34.8 Å². The molecular formula is C9H8BrO. The highest BCUT2D eigenvalue weighted by Crippen LogP contribution is 2.11. The maximum atomic E-state index is 10.1. The summed E-state index contributed by atoms with van der Waals surface area (Å²) in [4.78, 5) is 0. The second-order valence-corrected chi connectivity index (χ2v) is 3.04. The van der Waals surface area contributed by atoms with Crippen molar-refractivity contribution in [2.24, 2.45) is 0 Å². The van der Waals surface area contributed by atoms with E-state index in [1.165, 1.54) is 0 Å². The van der Waals surface area contributed by atoms with Crippen LogP contribution < -0.4 is 0 Å². The lowest BCUT2D eigenvalue weighted by Gasteiger charge is -1.91. The summed E-state index contributed by atoms with van der Waals surface area (Å²) >= 11 is 3.33. The third kappa shape index (κ3) is 2.87. The topological polar surface area (TPSA) is 19.9 Å². The first kappa shape index (κ1) is 8.50. The van der Waals surface area contributed by atoms with Crippen molar-refractivity contribution < 1.29 is 5.11 Å². The largest absolute Gasteiger partial charge is 0.232 e. The molecule has 2 heteroatoms. The summed E-state index contributed by atoms with van der Waals surface area (Å²) in [6.07, 6.45) is 3.42. The highest BCUT2D eigenvalue weighted by molar-refractivity contribution is 9.10.